The van der Waals surface area contributed by atoms with Crippen LogP contribution < -0.4 is 5.11 Å². The summed E-state index contributed by atoms with van der Waals surface area (Å²) < 4.78 is 5.67. The number of aliphatic carboxylic acids is 1. The molecule has 1 aromatic carbocycles. The van der Waals surface area contributed by atoms with Crippen molar-refractivity contribution in [1.29, 1.82) is 0 Å². The minimum Gasteiger partial charge on any atom is -0.548 e. The van der Waals surface area contributed by atoms with Crippen LogP contribution >= 0.6 is 0 Å². The zero-order chi connectivity index (χ0) is 12.8. The second kappa shape index (κ2) is 6.01. The van der Waals surface area contributed by atoms with Gasteiger partial charge in [-0.05, 0) is 18.4 Å². The predicted octanol–water partition coefficient (Wildman–Crippen LogP) is 1.70. The van der Waals surface area contributed by atoms with Crippen LogP contribution in [0.1, 0.15) is 37.7 Å². The molecule has 18 heavy (non-hydrogen) atoms. The van der Waals surface area contributed by atoms with Crippen LogP contribution in [0.3, 0.4) is 0 Å². The maximum Gasteiger partial charge on any atom is 0.0868 e. The molecule has 0 bridgehead atoms. The summed E-state index contributed by atoms with van der Waals surface area (Å²) in [6.45, 7) is -0.299. The first-order valence-corrected chi connectivity index (χ1v) is 6.58. The number of benzene rings is 1. The molecule has 2 rings (SSSR count). The molecule has 1 aliphatic carbocycles. The summed E-state index contributed by atoms with van der Waals surface area (Å²) in [5.74, 6) is -1.13. The molecule has 1 aromatic rings. The second-order valence-electron chi connectivity index (χ2n) is 5.07. The molecule has 0 aromatic heterocycles. The van der Waals surface area contributed by atoms with Gasteiger partial charge in [0.1, 0.15) is 0 Å². The first kappa shape index (κ1) is 13.1. The average molecular weight is 247 g/mol. The largest absolute Gasteiger partial charge is 0.548 e. The van der Waals surface area contributed by atoms with Gasteiger partial charge >= 0.3 is 0 Å². The van der Waals surface area contributed by atoms with Crippen LogP contribution in [-0.4, -0.2) is 18.2 Å². The molecule has 0 spiro atoms. The number of carboxylic acids is 1. The third kappa shape index (κ3) is 3.57. The number of rotatable bonds is 5. The molecule has 1 saturated carbocycles. The highest BCUT2D eigenvalue weighted by Crippen LogP contribution is 2.34. The molecule has 1 fully saturated rings. The first-order chi connectivity index (χ1) is 8.70. The zero-order valence-electron chi connectivity index (χ0n) is 10.6. The summed E-state index contributed by atoms with van der Waals surface area (Å²) in [6.07, 6.45) is 6.11. The summed E-state index contributed by atoms with van der Waals surface area (Å²) >= 11 is 0. The summed E-state index contributed by atoms with van der Waals surface area (Å²) in [4.78, 5) is 10.6. The van der Waals surface area contributed by atoms with E-state index >= 15 is 0 Å². The van der Waals surface area contributed by atoms with Crippen LogP contribution in [0.15, 0.2) is 30.3 Å². The van der Waals surface area contributed by atoms with E-state index in [1.165, 1.54) is 12.0 Å². The fourth-order valence-corrected chi connectivity index (χ4v) is 2.75. The third-order valence-corrected chi connectivity index (χ3v) is 3.63. The zero-order valence-corrected chi connectivity index (χ0v) is 10.6. The fraction of sp³-hybridized carbons (Fsp3) is 0.533. The number of hydrogen-bond acceptors (Lipinski definition) is 3. The topological polar surface area (TPSA) is 49.4 Å². The van der Waals surface area contributed by atoms with Crippen LogP contribution in [0.2, 0.25) is 0 Å². The van der Waals surface area contributed by atoms with Gasteiger partial charge in [0, 0.05) is 6.42 Å². The van der Waals surface area contributed by atoms with Gasteiger partial charge in [0.15, 0.2) is 0 Å². The summed E-state index contributed by atoms with van der Waals surface area (Å²) in [5, 5.41) is 10.6. The standard InChI is InChI=1S/C15H20O3/c16-14(17)12-18-15(9-5-2-6-10-15)11-13-7-3-1-4-8-13/h1,3-4,7-8H,2,5-6,9-12H2,(H,16,17)/p-1. The molecule has 0 unspecified atom stereocenters. The monoisotopic (exact) mass is 247 g/mol. The predicted molar refractivity (Wildman–Crippen MR) is 66.9 cm³/mol. The van der Waals surface area contributed by atoms with Crippen molar-refractivity contribution in [2.24, 2.45) is 0 Å². The number of carbonyl (C=O) groups is 1. The van der Waals surface area contributed by atoms with Crippen molar-refractivity contribution in [3.8, 4) is 0 Å². The van der Waals surface area contributed by atoms with Gasteiger partial charge in [0.05, 0.1) is 18.2 Å². The van der Waals surface area contributed by atoms with Crippen molar-refractivity contribution in [2.75, 3.05) is 6.61 Å². The Hall–Kier alpha value is -1.35. The maximum atomic E-state index is 10.6. The minimum absolute atomic E-state index is 0.299. The number of ether oxygens (including phenoxy) is 1. The number of hydrogen-bond donors (Lipinski definition) is 0. The van der Waals surface area contributed by atoms with E-state index in [2.05, 4.69) is 12.1 Å². The Morgan fingerprint density at radius 1 is 1.17 bits per heavy atom. The Balaban J connectivity index is 2.06. The van der Waals surface area contributed by atoms with Gasteiger partial charge in [0.2, 0.25) is 0 Å². The van der Waals surface area contributed by atoms with Gasteiger partial charge < -0.3 is 14.6 Å². The molecule has 0 radical (unpaired) electrons. The van der Waals surface area contributed by atoms with Crippen molar-refractivity contribution in [3.05, 3.63) is 35.9 Å². The average Bonchev–Trinajstić information content (AvgIpc) is 2.39. The van der Waals surface area contributed by atoms with Gasteiger partial charge in [0.25, 0.3) is 0 Å². The first-order valence-electron chi connectivity index (χ1n) is 6.58. The van der Waals surface area contributed by atoms with E-state index in [4.69, 9.17) is 4.74 Å². The Kier molecular flexibility index (Phi) is 4.37. The van der Waals surface area contributed by atoms with Gasteiger partial charge in [-0.1, -0.05) is 49.6 Å². The number of carbonyl (C=O) groups excluding carboxylic acids is 1. The Labute approximate surface area is 108 Å². The highest BCUT2D eigenvalue weighted by Gasteiger charge is 2.33. The highest BCUT2D eigenvalue weighted by atomic mass is 16.5. The smallest absolute Gasteiger partial charge is 0.0868 e. The summed E-state index contributed by atoms with van der Waals surface area (Å²) in [6, 6.07) is 10.1. The van der Waals surface area contributed by atoms with E-state index in [1.54, 1.807) is 0 Å². The Morgan fingerprint density at radius 2 is 1.83 bits per heavy atom. The highest BCUT2D eigenvalue weighted by molar-refractivity contribution is 5.65. The molecule has 0 heterocycles. The fourth-order valence-electron chi connectivity index (χ4n) is 2.75. The normalized spacial score (nSPS) is 18.4. The van der Waals surface area contributed by atoms with Crippen molar-refractivity contribution in [1.82, 2.24) is 0 Å². The molecule has 1 aliphatic rings. The van der Waals surface area contributed by atoms with Gasteiger partial charge in [-0.15, -0.1) is 0 Å². The van der Waals surface area contributed by atoms with Crippen LogP contribution in [-0.2, 0) is 16.0 Å². The van der Waals surface area contributed by atoms with E-state index < -0.39 is 5.97 Å². The molecule has 0 aliphatic heterocycles. The van der Waals surface area contributed by atoms with Crippen LogP contribution in [0, 0.1) is 0 Å². The van der Waals surface area contributed by atoms with Crippen molar-refractivity contribution < 1.29 is 14.6 Å². The molecular formula is C15H19O3-. The molecular weight excluding hydrogens is 228 g/mol. The summed E-state index contributed by atoms with van der Waals surface area (Å²) in [7, 11) is 0. The quantitative estimate of drug-likeness (QED) is 0.795. The van der Waals surface area contributed by atoms with Gasteiger partial charge in [-0.3, -0.25) is 0 Å². The van der Waals surface area contributed by atoms with E-state index in [1.807, 2.05) is 18.2 Å². The molecule has 3 heteroatoms. The van der Waals surface area contributed by atoms with Crippen molar-refractivity contribution in [3.63, 3.8) is 0 Å². The Morgan fingerprint density at radius 3 is 2.44 bits per heavy atom. The van der Waals surface area contributed by atoms with Crippen LogP contribution in [0.4, 0.5) is 0 Å². The van der Waals surface area contributed by atoms with Crippen molar-refractivity contribution in [2.45, 2.75) is 44.1 Å². The van der Waals surface area contributed by atoms with E-state index in [0.717, 1.165) is 32.1 Å². The third-order valence-electron chi connectivity index (χ3n) is 3.63. The molecule has 3 nitrogen and oxygen atoms in total. The maximum absolute atomic E-state index is 10.6. The van der Waals surface area contributed by atoms with E-state index in [0.29, 0.717) is 0 Å². The molecule has 0 amide bonds. The Bertz CT molecular complexity index is 380. The van der Waals surface area contributed by atoms with Gasteiger partial charge in [-0.2, -0.15) is 0 Å². The lowest BCUT2D eigenvalue weighted by molar-refractivity contribution is -0.312. The van der Waals surface area contributed by atoms with Crippen molar-refractivity contribution >= 4 is 5.97 Å². The molecule has 0 N–H and O–H groups in total. The van der Waals surface area contributed by atoms with Crippen LogP contribution in [0.25, 0.3) is 0 Å². The lowest BCUT2D eigenvalue weighted by Crippen LogP contribution is -2.41. The SMILES string of the molecule is O=C([O-])COC1(Cc2ccccc2)CCCCC1. The lowest BCUT2D eigenvalue weighted by Gasteiger charge is -2.37. The number of carboxylic acid groups (broad SMARTS) is 1. The lowest BCUT2D eigenvalue weighted by atomic mass is 9.80. The van der Waals surface area contributed by atoms with Gasteiger partial charge in [-0.25, -0.2) is 0 Å². The van der Waals surface area contributed by atoms with Crippen LogP contribution in [0.5, 0.6) is 0 Å². The second-order valence-corrected chi connectivity index (χ2v) is 5.07. The molecule has 0 atom stereocenters. The van der Waals surface area contributed by atoms with E-state index in [-0.39, 0.29) is 12.2 Å². The van der Waals surface area contributed by atoms with E-state index in [9.17, 15) is 9.90 Å². The summed E-state index contributed by atoms with van der Waals surface area (Å²) in [5.41, 5.74) is 0.900. The minimum atomic E-state index is -1.13. The molecule has 0 saturated heterocycles. The molecule has 98 valence electrons.